The molecule has 0 spiro atoms. The minimum absolute atomic E-state index is 0.0557. The predicted molar refractivity (Wildman–Crippen MR) is 79.2 cm³/mol. The first kappa shape index (κ1) is 14.7. The Labute approximate surface area is 128 Å². The van der Waals surface area contributed by atoms with Crippen molar-refractivity contribution in [2.75, 3.05) is 19.3 Å². The average Bonchev–Trinajstić information content (AvgIpc) is 3.15. The number of likely N-dealkylation sites (tertiary alicyclic amines) is 1. The lowest BCUT2D eigenvalue weighted by molar-refractivity contribution is 0.0785. The van der Waals surface area contributed by atoms with Gasteiger partial charge >= 0.3 is 0 Å². The first-order valence-electron chi connectivity index (χ1n) is 6.90. The quantitative estimate of drug-likeness (QED) is 0.904. The van der Waals surface area contributed by atoms with Crippen molar-refractivity contribution in [3.63, 3.8) is 0 Å². The summed E-state index contributed by atoms with van der Waals surface area (Å²) in [6.07, 6.45) is 4.77. The van der Waals surface area contributed by atoms with E-state index in [1.807, 2.05) is 0 Å². The number of aromatic amines is 1. The third-order valence-corrected chi connectivity index (χ3v) is 4.92. The van der Waals surface area contributed by atoms with Gasteiger partial charge in [0.25, 0.3) is 5.91 Å². The second kappa shape index (κ2) is 5.53. The summed E-state index contributed by atoms with van der Waals surface area (Å²) >= 11 is 0. The fourth-order valence-corrected chi connectivity index (χ4v) is 3.56. The van der Waals surface area contributed by atoms with Crippen molar-refractivity contribution in [1.82, 2.24) is 20.1 Å². The molecule has 0 aliphatic carbocycles. The molecule has 1 N–H and O–H groups in total. The van der Waals surface area contributed by atoms with E-state index in [-0.39, 0.29) is 16.7 Å². The number of nitrogens with one attached hydrogen (secondary N) is 1. The number of carbonyl (C=O) groups excluding carboxylic acids is 1. The van der Waals surface area contributed by atoms with Gasteiger partial charge in [-0.2, -0.15) is 5.10 Å². The molecular weight excluding hydrogens is 304 g/mol. The lowest BCUT2D eigenvalue weighted by atomic mass is 10.1. The molecule has 1 amide bonds. The van der Waals surface area contributed by atoms with Crippen molar-refractivity contribution in [3.8, 4) is 0 Å². The van der Waals surface area contributed by atoms with Gasteiger partial charge in [0.2, 0.25) is 0 Å². The Morgan fingerprint density at radius 3 is 2.91 bits per heavy atom. The van der Waals surface area contributed by atoms with E-state index < -0.39 is 9.84 Å². The molecule has 3 rings (SSSR count). The monoisotopic (exact) mass is 320 g/mol. The molecule has 1 atom stereocenters. The van der Waals surface area contributed by atoms with E-state index in [9.17, 15) is 13.2 Å². The summed E-state index contributed by atoms with van der Waals surface area (Å²) in [5, 5.41) is 6.61. The molecule has 1 unspecified atom stereocenters. The number of pyridine rings is 1. The molecule has 1 fully saturated rings. The Balaban J connectivity index is 1.79. The Morgan fingerprint density at radius 2 is 2.23 bits per heavy atom. The van der Waals surface area contributed by atoms with E-state index in [0.717, 1.165) is 6.26 Å². The maximum absolute atomic E-state index is 12.4. The van der Waals surface area contributed by atoms with Crippen LogP contribution in [0, 0.1) is 0 Å². The van der Waals surface area contributed by atoms with E-state index >= 15 is 0 Å². The predicted octanol–water partition coefficient (Wildman–Crippen LogP) is 0.838. The summed E-state index contributed by atoms with van der Waals surface area (Å²) in [4.78, 5) is 18.3. The maximum atomic E-state index is 12.4. The highest BCUT2D eigenvalue weighted by molar-refractivity contribution is 7.90. The summed E-state index contributed by atoms with van der Waals surface area (Å²) in [6, 6.07) is 5.20. The minimum atomic E-state index is -3.33. The number of nitrogens with zero attached hydrogens (tertiary/aromatic N) is 3. The number of H-pyrrole nitrogens is 1. The highest BCUT2D eigenvalue weighted by Crippen LogP contribution is 2.30. The molecule has 22 heavy (non-hydrogen) atoms. The maximum Gasteiger partial charge on any atom is 0.272 e. The van der Waals surface area contributed by atoms with Crippen LogP contribution in [0.5, 0.6) is 0 Å². The molecule has 1 saturated heterocycles. The van der Waals surface area contributed by atoms with Gasteiger partial charge < -0.3 is 4.90 Å². The Morgan fingerprint density at radius 1 is 1.41 bits per heavy atom. The van der Waals surface area contributed by atoms with Gasteiger partial charge in [-0.3, -0.25) is 14.9 Å². The second-order valence-corrected chi connectivity index (χ2v) is 7.36. The van der Waals surface area contributed by atoms with E-state index in [1.165, 1.54) is 6.20 Å². The van der Waals surface area contributed by atoms with Crippen LogP contribution in [0.25, 0.3) is 0 Å². The molecule has 1 aliphatic rings. The number of amides is 1. The first-order chi connectivity index (χ1) is 10.5. The third kappa shape index (κ3) is 2.74. The van der Waals surface area contributed by atoms with Crippen molar-refractivity contribution in [3.05, 3.63) is 42.0 Å². The zero-order chi connectivity index (χ0) is 15.7. The average molecular weight is 320 g/mol. The standard InChI is InChI=1S/C14H16N4O3S/c1-22(20,21)12-8-16-17-13(12)10-5-7-18(9-10)14(19)11-4-2-3-6-15-11/h2-4,6,8,10H,5,7,9H2,1H3,(H,16,17). The summed E-state index contributed by atoms with van der Waals surface area (Å²) in [5.74, 6) is -0.191. The van der Waals surface area contributed by atoms with Crippen LogP contribution in [0.4, 0.5) is 0 Å². The van der Waals surface area contributed by atoms with Crippen LogP contribution < -0.4 is 0 Å². The van der Waals surface area contributed by atoms with Gasteiger partial charge in [0, 0.05) is 31.5 Å². The van der Waals surface area contributed by atoms with Crippen molar-refractivity contribution >= 4 is 15.7 Å². The molecule has 1 aliphatic heterocycles. The van der Waals surface area contributed by atoms with E-state index in [1.54, 1.807) is 29.3 Å². The topological polar surface area (TPSA) is 96.0 Å². The van der Waals surface area contributed by atoms with Crippen LogP contribution in [0.15, 0.2) is 35.5 Å². The van der Waals surface area contributed by atoms with Crippen molar-refractivity contribution in [2.24, 2.45) is 0 Å². The lowest BCUT2D eigenvalue weighted by Crippen LogP contribution is -2.29. The van der Waals surface area contributed by atoms with E-state index in [0.29, 0.717) is 30.9 Å². The van der Waals surface area contributed by atoms with E-state index in [2.05, 4.69) is 15.2 Å². The molecule has 2 aromatic rings. The second-order valence-electron chi connectivity index (χ2n) is 5.37. The third-order valence-electron chi connectivity index (χ3n) is 3.80. The number of rotatable bonds is 3. The van der Waals surface area contributed by atoms with Crippen LogP contribution in [0.1, 0.15) is 28.5 Å². The van der Waals surface area contributed by atoms with Crippen molar-refractivity contribution in [1.29, 1.82) is 0 Å². The molecule has 116 valence electrons. The van der Waals surface area contributed by atoms with Crippen molar-refractivity contribution in [2.45, 2.75) is 17.2 Å². The number of hydrogen-bond acceptors (Lipinski definition) is 5. The van der Waals surface area contributed by atoms with Crippen LogP contribution in [-0.2, 0) is 9.84 Å². The fraction of sp³-hybridized carbons (Fsp3) is 0.357. The molecule has 3 heterocycles. The molecule has 0 saturated carbocycles. The smallest absolute Gasteiger partial charge is 0.272 e. The van der Waals surface area contributed by atoms with Gasteiger partial charge in [0.15, 0.2) is 9.84 Å². The van der Waals surface area contributed by atoms with Gasteiger partial charge in [-0.15, -0.1) is 0 Å². The number of hydrogen-bond donors (Lipinski definition) is 1. The molecular formula is C14H16N4O3S. The van der Waals surface area contributed by atoms with Crippen LogP contribution in [0.3, 0.4) is 0 Å². The Kier molecular flexibility index (Phi) is 3.69. The minimum Gasteiger partial charge on any atom is -0.337 e. The molecule has 0 radical (unpaired) electrons. The van der Waals surface area contributed by atoms with Crippen LogP contribution in [-0.4, -0.2) is 53.8 Å². The Bertz CT molecular complexity index is 785. The zero-order valence-corrected chi connectivity index (χ0v) is 12.9. The molecule has 0 bridgehead atoms. The van der Waals surface area contributed by atoms with Crippen molar-refractivity contribution < 1.29 is 13.2 Å². The normalized spacial score (nSPS) is 18.6. The van der Waals surface area contributed by atoms with Gasteiger partial charge in [0.1, 0.15) is 10.6 Å². The highest BCUT2D eigenvalue weighted by Gasteiger charge is 2.32. The van der Waals surface area contributed by atoms with Gasteiger partial charge in [-0.25, -0.2) is 8.42 Å². The molecule has 2 aromatic heterocycles. The summed E-state index contributed by atoms with van der Waals surface area (Å²) in [6.45, 7) is 1.03. The Hall–Kier alpha value is -2.22. The number of aromatic nitrogens is 3. The molecule has 8 heteroatoms. The lowest BCUT2D eigenvalue weighted by Gasteiger charge is -2.16. The van der Waals surface area contributed by atoms with Crippen LogP contribution in [0.2, 0.25) is 0 Å². The zero-order valence-electron chi connectivity index (χ0n) is 12.1. The highest BCUT2D eigenvalue weighted by atomic mass is 32.2. The van der Waals surface area contributed by atoms with Gasteiger partial charge in [-0.1, -0.05) is 6.07 Å². The number of carbonyl (C=O) groups is 1. The number of sulfone groups is 1. The summed E-state index contributed by atoms with van der Waals surface area (Å²) in [7, 11) is -3.33. The summed E-state index contributed by atoms with van der Waals surface area (Å²) < 4.78 is 23.5. The van der Waals surface area contributed by atoms with Gasteiger partial charge in [0.05, 0.1) is 11.9 Å². The van der Waals surface area contributed by atoms with E-state index in [4.69, 9.17) is 0 Å². The van der Waals surface area contributed by atoms with Crippen LogP contribution >= 0.6 is 0 Å². The fourth-order valence-electron chi connectivity index (χ4n) is 2.70. The molecule has 0 aromatic carbocycles. The summed E-state index contributed by atoms with van der Waals surface area (Å²) in [5.41, 5.74) is 0.981. The first-order valence-corrected chi connectivity index (χ1v) is 8.79. The van der Waals surface area contributed by atoms with Gasteiger partial charge in [-0.05, 0) is 18.6 Å². The molecule has 7 nitrogen and oxygen atoms in total. The largest absolute Gasteiger partial charge is 0.337 e. The SMILES string of the molecule is CS(=O)(=O)c1cn[nH]c1C1CCN(C(=O)c2ccccn2)C1.